The number of rotatable bonds is 16. The number of amides is 2. The predicted molar refractivity (Wildman–Crippen MR) is 153 cm³/mol. The summed E-state index contributed by atoms with van der Waals surface area (Å²) in [6.07, 6.45) is 1.20. The fourth-order valence-electron chi connectivity index (χ4n) is 3.67. The lowest BCUT2D eigenvalue weighted by Crippen LogP contribution is -2.46. The van der Waals surface area contributed by atoms with Crippen molar-refractivity contribution in [3.8, 4) is 0 Å². The van der Waals surface area contributed by atoms with Gasteiger partial charge in [-0.05, 0) is 91.5 Å². The molecule has 0 aliphatic carbocycles. The van der Waals surface area contributed by atoms with E-state index in [1.54, 1.807) is 27.7 Å². The summed E-state index contributed by atoms with van der Waals surface area (Å²) in [4.78, 5) is 35.3. The third-order valence-electron chi connectivity index (χ3n) is 6.34. The van der Waals surface area contributed by atoms with Crippen molar-refractivity contribution in [3.63, 3.8) is 0 Å². The molecule has 2 amide bonds. The number of oxime groups is 1. The highest BCUT2D eigenvalue weighted by Gasteiger charge is 2.23. The number of halogens is 4. The van der Waals surface area contributed by atoms with E-state index in [0.29, 0.717) is 44.6 Å². The number of hydrogen-bond acceptors (Lipinski definition) is 8. The van der Waals surface area contributed by atoms with Gasteiger partial charge in [-0.3, -0.25) is 9.59 Å². The largest absolute Gasteiger partial charge is 0.444 e. The Morgan fingerprint density at radius 3 is 2.02 bits per heavy atom. The average molecular weight is 623 g/mol. The van der Waals surface area contributed by atoms with Crippen molar-refractivity contribution in [1.82, 2.24) is 16.0 Å². The summed E-state index contributed by atoms with van der Waals surface area (Å²) < 4.78 is 59.4. The molecule has 1 atom stereocenters. The van der Waals surface area contributed by atoms with E-state index in [4.69, 9.17) is 9.94 Å². The maximum Gasteiger partial charge on any atom is 0.407 e. The van der Waals surface area contributed by atoms with Crippen molar-refractivity contribution < 1.29 is 41.9 Å². The lowest BCUT2D eigenvalue weighted by molar-refractivity contribution is -0.121. The number of carbonyl (C=O) groups is 3. The Kier molecular flexibility index (Phi) is 15.3. The standard InChI is InChI=1S/C28H42F4N4O5S/c1-17(36-40)28(5,6)35-15-12-18(11-14-34-26(39)41-27(2,3)4)10-13-33-21(37)8-7-9-22(38)42-25-23(31)19(29)16-20(30)24(25)32/h16,18,35,40H,7-15H2,1-6H3,(H,33,37)(H,34,39)/b36-17+. The van der Waals surface area contributed by atoms with Crippen LogP contribution >= 0.6 is 11.8 Å². The Balaban J connectivity index is 2.55. The Bertz CT molecular complexity index is 1090. The third kappa shape index (κ3) is 13.9. The monoisotopic (exact) mass is 622 g/mol. The second-order valence-electron chi connectivity index (χ2n) is 11.4. The summed E-state index contributed by atoms with van der Waals surface area (Å²) in [5.41, 5.74) is -0.631. The Morgan fingerprint density at radius 2 is 1.48 bits per heavy atom. The topological polar surface area (TPSA) is 129 Å². The van der Waals surface area contributed by atoms with Crippen molar-refractivity contribution in [1.29, 1.82) is 0 Å². The van der Waals surface area contributed by atoms with Gasteiger partial charge in [0.05, 0.1) is 16.1 Å². The Labute approximate surface area is 248 Å². The van der Waals surface area contributed by atoms with Crippen LogP contribution < -0.4 is 16.0 Å². The summed E-state index contributed by atoms with van der Waals surface area (Å²) in [5.74, 6) is -6.72. The van der Waals surface area contributed by atoms with E-state index in [2.05, 4.69) is 21.1 Å². The highest BCUT2D eigenvalue weighted by Crippen LogP contribution is 2.30. The van der Waals surface area contributed by atoms with E-state index in [1.807, 2.05) is 13.8 Å². The van der Waals surface area contributed by atoms with E-state index in [0.717, 1.165) is 0 Å². The molecule has 0 aliphatic heterocycles. The zero-order chi connectivity index (χ0) is 32.1. The van der Waals surface area contributed by atoms with Crippen LogP contribution in [0.25, 0.3) is 0 Å². The van der Waals surface area contributed by atoms with E-state index >= 15 is 0 Å². The van der Waals surface area contributed by atoms with Crippen LogP contribution in [0.3, 0.4) is 0 Å². The second kappa shape index (κ2) is 17.3. The first-order chi connectivity index (χ1) is 19.5. The van der Waals surface area contributed by atoms with Gasteiger partial charge in [0.25, 0.3) is 0 Å². The van der Waals surface area contributed by atoms with Gasteiger partial charge in [-0.2, -0.15) is 0 Å². The SMILES string of the molecule is C/C(=N\O)C(C)(C)NCCC(CCNC(=O)CCCC(=O)Sc1c(F)c(F)cc(F)c1F)CCNC(=O)OC(C)(C)C. The molecule has 42 heavy (non-hydrogen) atoms. The quantitative estimate of drug-likeness (QED) is 0.0467. The van der Waals surface area contributed by atoms with Gasteiger partial charge in [-0.15, -0.1) is 0 Å². The lowest BCUT2D eigenvalue weighted by atomic mass is 9.95. The van der Waals surface area contributed by atoms with Gasteiger partial charge in [0.2, 0.25) is 5.91 Å². The maximum absolute atomic E-state index is 13.8. The second-order valence-corrected chi connectivity index (χ2v) is 12.4. The van der Waals surface area contributed by atoms with Gasteiger partial charge in [-0.1, -0.05) is 5.16 Å². The smallest absolute Gasteiger partial charge is 0.407 e. The van der Waals surface area contributed by atoms with E-state index in [-0.39, 0.29) is 48.9 Å². The average Bonchev–Trinajstić information content (AvgIpc) is 2.88. The van der Waals surface area contributed by atoms with Crippen molar-refractivity contribution in [2.24, 2.45) is 11.1 Å². The number of hydrogen-bond donors (Lipinski definition) is 4. The van der Waals surface area contributed by atoms with Crippen LogP contribution in [0.15, 0.2) is 16.1 Å². The van der Waals surface area contributed by atoms with Gasteiger partial charge in [0.15, 0.2) is 28.4 Å². The molecular weight excluding hydrogens is 580 g/mol. The first kappa shape index (κ1) is 37.2. The van der Waals surface area contributed by atoms with Crippen LogP contribution in [-0.2, 0) is 14.3 Å². The zero-order valence-electron chi connectivity index (χ0n) is 25.0. The van der Waals surface area contributed by atoms with Crippen molar-refractivity contribution in [2.45, 2.75) is 96.1 Å². The molecule has 0 spiro atoms. The molecule has 0 saturated carbocycles. The number of alkyl carbamates (subject to hydrolysis) is 1. The summed E-state index contributed by atoms with van der Waals surface area (Å²) in [5, 5.41) is 20.4. The zero-order valence-corrected chi connectivity index (χ0v) is 25.8. The van der Waals surface area contributed by atoms with Gasteiger partial charge in [0, 0.05) is 32.0 Å². The minimum Gasteiger partial charge on any atom is -0.444 e. The molecule has 1 rings (SSSR count). The van der Waals surface area contributed by atoms with Gasteiger partial charge in [-0.25, -0.2) is 22.4 Å². The molecule has 0 heterocycles. The summed E-state index contributed by atoms with van der Waals surface area (Å²) in [7, 11) is 0. The molecule has 14 heteroatoms. The van der Waals surface area contributed by atoms with Crippen molar-refractivity contribution in [2.75, 3.05) is 19.6 Å². The van der Waals surface area contributed by atoms with E-state index in [9.17, 15) is 31.9 Å². The molecule has 0 bridgehead atoms. The summed E-state index contributed by atoms with van der Waals surface area (Å²) in [6, 6.07) is 0.0655. The van der Waals surface area contributed by atoms with Crippen LogP contribution in [0.2, 0.25) is 0 Å². The highest BCUT2D eigenvalue weighted by molar-refractivity contribution is 8.13. The van der Waals surface area contributed by atoms with Crippen LogP contribution in [0.4, 0.5) is 22.4 Å². The summed E-state index contributed by atoms with van der Waals surface area (Å²) >= 11 is 0.0566. The van der Waals surface area contributed by atoms with Crippen LogP contribution in [-0.4, -0.2) is 58.8 Å². The van der Waals surface area contributed by atoms with E-state index in [1.165, 1.54) is 0 Å². The Hall–Kier alpha value is -2.87. The van der Waals surface area contributed by atoms with Crippen molar-refractivity contribution >= 4 is 34.6 Å². The highest BCUT2D eigenvalue weighted by atomic mass is 32.2. The van der Waals surface area contributed by atoms with Crippen LogP contribution in [0.5, 0.6) is 0 Å². The number of ether oxygens (including phenoxy) is 1. The molecule has 0 aliphatic rings. The molecule has 0 radical (unpaired) electrons. The molecule has 9 nitrogen and oxygen atoms in total. The minimum absolute atomic E-state index is 0.0326. The molecule has 1 unspecified atom stereocenters. The first-order valence-electron chi connectivity index (χ1n) is 13.7. The molecule has 0 saturated heterocycles. The Morgan fingerprint density at radius 1 is 0.929 bits per heavy atom. The normalized spacial score (nSPS) is 13.0. The molecule has 4 N–H and O–H groups in total. The minimum atomic E-state index is -1.64. The van der Waals surface area contributed by atoms with E-state index < -0.39 is 50.5 Å². The molecular formula is C28H42F4N4O5S. The summed E-state index contributed by atoms with van der Waals surface area (Å²) in [6.45, 7) is 12.1. The fourth-order valence-corrected chi connectivity index (χ4v) is 4.52. The first-order valence-corrected chi connectivity index (χ1v) is 14.5. The molecule has 0 fully saturated rings. The fraction of sp³-hybridized carbons (Fsp3) is 0.643. The predicted octanol–water partition coefficient (Wildman–Crippen LogP) is 5.68. The third-order valence-corrected chi connectivity index (χ3v) is 7.34. The van der Waals surface area contributed by atoms with Gasteiger partial charge < -0.3 is 25.9 Å². The van der Waals surface area contributed by atoms with Crippen LogP contribution in [0.1, 0.15) is 80.1 Å². The number of thioether (sulfide) groups is 1. The molecule has 1 aromatic carbocycles. The number of benzene rings is 1. The maximum atomic E-state index is 13.8. The number of nitrogens with one attached hydrogen (secondary N) is 3. The van der Waals surface area contributed by atoms with Gasteiger partial charge >= 0.3 is 6.09 Å². The van der Waals surface area contributed by atoms with Crippen LogP contribution in [0, 0.1) is 29.2 Å². The van der Waals surface area contributed by atoms with Crippen molar-refractivity contribution in [3.05, 3.63) is 29.3 Å². The number of carbonyl (C=O) groups excluding carboxylic acids is 3. The number of nitrogens with zero attached hydrogens (tertiary/aromatic N) is 1. The van der Waals surface area contributed by atoms with Gasteiger partial charge in [0.1, 0.15) is 5.60 Å². The molecule has 238 valence electrons. The lowest BCUT2D eigenvalue weighted by Gasteiger charge is -2.27. The molecule has 1 aromatic rings. The molecule has 0 aromatic heterocycles.